The summed E-state index contributed by atoms with van der Waals surface area (Å²) in [6, 6.07) is 6.97. The van der Waals surface area contributed by atoms with E-state index in [2.05, 4.69) is 6.07 Å². The van der Waals surface area contributed by atoms with Gasteiger partial charge in [0.05, 0.1) is 22.2 Å². The fourth-order valence-corrected chi connectivity index (χ4v) is 2.95. The molecule has 0 aromatic heterocycles. The zero-order valence-electron chi connectivity index (χ0n) is 11.8. The molecule has 1 aliphatic carbocycles. The first kappa shape index (κ1) is 16.3. The molecule has 1 aromatic rings. The van der Waals surface area contributed by atoms with Gasteiger partial charge in [-0.3, -0.25) is 4.79 Å². The van der Waals surface area contributed by atoms with Crippen molar-refractivity contribution in [1.29, 1.82) is 5.26 Å². The summed E-state index contributed by atoms with van der Waals surface area (Å²) in [5.74, 6) is -0.505. The molecule has 0 radical (unpaired) electrons. The number of ether oxygens (including phenoxy) is 1. The summed E-state index contributed by atoms with van der Waals surface area (Å²) < 4.78 is 5.48. The lowest BCUT2D eigenvalue weighted by atomic mass is 9.77. The Hall–Kier alpha value is -1.08. The second-order valence-electron chi connectivity index (χ2n) is 5.32. The molecule has 3 nitrogen and oxygen atoms in total. The Kier molecular flexibility index (Phi) is 5.64. The van der Waals surface area contributed by atoms with E-state index in [1.54, 1.807) is 18.2 Å². The minimum absolute atomic E-state index is 0.0594. The molecule has 1 atom stereocenters. The van der Waals surface area contributed by atoms with E-state index < -0.39 is 5.92 Å². The monoisotopic (exact) mass is 325 g/mol. The summed E-state index contributed by atoms with van der Waals surface area (Å²) in [5, 5.41) is 10.1. The van der Waals surface area contributed by atoms with Crippen molar-refractivity contribution in [3.8, 4) is 6.07 Å². The number of halogens is 2. The number of ketones is 1. The molecule has 1 aromatic carbocycles. The van der Waals surface area contributed by atoms with Gasteiger partial charge in [0, 0.05) is 13.0 Å². The van der Waals surface area contributed by atoms with Gasteiger partial charge in [-0.2, -0.15) is 5.26 Å². The van der Waals surface area contributed by atoms with Crippen LogP contribution in [0, 0.1) is 17.2 Å². The van der Waals surface area contributed by atoms with Gasteiger partial charge >= 0.3 is 0 Å². The van der Waals surface area contributed by atoms with Crippen LogP contribution in [0.3, 0.4) is 0 Å². The minimum atomic E-state index is -0.772. The molecule has 21 heavy (non-hydrogen) atoms. The fraction of sp³-hybridized carbons (Fsp3) is 0.500. The molecular weight excluding hydrogens is 309 g/mol. The van der Waals surface area contributed by atoms with Gasteiger partial charge in [0.1, 0.15) is 5.92 Å². The molecule has 1 unspecified atom stereocenters. The van der Waals surface area contributed by atoms with Crippen LogP contribution in [0.1, 0.15) is 37.7 Å². The summed E-state index contributed by atoms with van der Waals surface area (Å²) in [6.07, 6.45) is 2.50. The van der Waals surface area contributed by atoms with E-state index in [0.29, 0.717) is 34.6 Å². The van der Waals surface area contributed by atoms with Crippen LogP contribution in [0.5, 0.6) is 0 Å². The predicted octanol–water partition coefficient (Wildman–Crippen LogP) is 4.37. The maximum atomic E-state index is 12.3. The standard InChI is InChI=1S/C16H17Cl2NO2/c1-2-21-12-5-10(6-12)7-16(20)13(9-19)11-3-4-14(17)15(18)8-11/h3-4,8,10,12-13H,2,5-7H2,1H3. The lowest BCUT2D eigenvalue weighted by Gasteiger charge is -2.34. The lowest BCUT2D eigenvalue weighted by Crippen LogP contribution is -2.33. The molecular formula is C16H17Cl2NO2. The molecule has 0 bridgehead atoms. The molecule has 1 saturated carbocycles. The van der Waals surface area contributed by atoms with Crippen molar-refractivity contribution in [2.45, 2.75) is 38.2 Å². The smallest absolute Gasteiger partial charge is 0.154 e. The van der Waals surface area contributed by atoms with Crippen LogP contribution < -0.4 is 0 Å². The SMILES string of the molecule is CCOC1CC(CC(=O)C(C#N)c2ccc(Cl)c(Cl)c2)C1. The first-order valence-electron chi connectivity index (χ1n) is 7.04. The van der Waals surface area contributed by atoms with E-state index in [0.717, 1.165) is 12.8 Å². The summed E-state index contributed by atoms with van der Waals surface area (Å²) in [7, 11) is 0. The minimum Gasteiger partial charge on any atom is -0.378 e. The Morgan fingerprint density at radius 1 is 1.43 bits per heavy atom. The van der Waals surface area contributed by atoms with Crippen molar-refractivity contribution in [2.75, 3.05) is 6.61 Å². The summed E-state index contributed by atoms with van der Waals surface area (Å²) in [4.78, 5) is 12.3. The van der Waals surface area contributed by atoms with E-state index in [1.807, 2.05) is 6.92 Å². The van der Waals surface area contributed by atoms with Crippen LogP contribution in [0.15, 0.2) is 18.2 Å². The highest BCUT2D eigenvalue weighted by Crippen LogP contribution is 2.35. The highest BCUT2D eigenvalue weighted by atomic mass is 35.5. The van der Waals surface area contributed by atoms with Gasteiger partial charge in [-0.1, -0.05) is 29.3 Å². The Morgan fingerprint density at radius 2 is 2.14 bits per heavy atom. The quantitative estimate of drug-likeness (QED) is 0.780. The third-order valence-electron chi connectivity index (χ3n) is 3.81. The largest absolute Gasteiger partial charge is 0.378 e. The zero-order chi connectivity index (χ0) is 15.4. The molecule has 0 N–H and O–H groups in total. The first-order chi connectivity index (χ1) is 10.0. The second kappa shape index (κ2) is 7.26. The molecule has 0 aliphatic heterocycles. The van der Waals surface area contributed by atoms with Gasteiger partial charge < -0.3 is 4.74 Å². The molecule has 2 rings (SSSR count). The number of rotatable bonds is 6. The Balaban J connectivity index is 1.97. The Bertz CT molecular complexity index is 562. The third kappa shape index (κ3) is 3.97. The molecule has 1 fully saturated rings. The van der Waals surface area contributed by atoms with Gasteiger partial charge in [0.25, 0.3) is 0 Å². The predicted molar refractivity (Wildman–Crippen MR) is 82.6 cm³/mol. The van der Waals surface area contributed by atoms with Crippen molar-refractivity contribution < 1.29 is 9.53 Å². The van der Waals surface area contributed by atoms with Gasteiger partial charge in [-0.25, -0.2) is 0 Å². The van der Waals surface area contributed by atoms with E-state index in [9.17, 15) is 10.1 Å². The van der Waals surface area contributed by atoms with Gasteiger partial charge in [0.2, 0.25) is 0 Å². The van der Waals surface area contributed by atoms with Gasteiger partial charge in [0.15, 0.2) is 5.78 Å². The number of hydrogen-bond donors (Lipinski definition) is 0. The zero-order valence-corrected chi connectivity index (χ0v) is 13.3. The van der Waals surface area contributed by atoms with Crippen LogP contribution in [0.2, 0.25) is 10.0 Å². The van der Waals surface area contributed by atoms with E-state index >= 15 is 0 Å². The van der Waals surface area contributed by atoms with Gasteiger partial charge in [-0.15, -0.1) is 0 Å². The number of nitrogens with zero attached hydrogens (tertiary/aromatic N) is 1. The van der Waals surface area contributed by atoms with Crippen molar-refractivity contribution in [2.24, 2.45) is 5.92 Å². The molecule has 0 spiro atoms. The molecule has 1 aliphatic rings. The number of Topliss-reactive ketones (excluding diaryl/α,β-unsaturated/α-hetero) is 1. The van der Waals surface area contributed by atoms with Crippen molar-refractivity contribution in [1.82, 2.24) is 0 Å². The average molecular weight is 326 g/mol. The van der Waals surface area contributed by atoms with E-state index in [4.69, 9.17) is 27.9 Å². The maximum absolute atomic E-state index is 12.3. The Morgan fingerprint density at radius 3 is 2.71 bits per heavy atom. The number of benzene rings is 1. The van der Waals surface area contributed by atoms with Crippen LogP contribution in [0.25, 0.3) is 0 Å². The molecule has 112 valence electrons. The number of hydrogen-bond acceptors (Lipinski definition) is 3. The van der Waals surface area contributed by atoms with Crippen LogP contribution in [-0.2, 0) is 9.53 Å². The van der Waals surface area contributed by atoms with Crippen molar-refractivity contribution in [3.05, 3.63) is 33.8 Å². The van der Waals surface area contributed by atoms with Crippen molar-refractivity contribution >= 4 is 29.0 Å². The Labute approximate surface area is 134 Å². The topological polar surface area (TPSA) is 50.1 Å². The normalized spacial score (nSPS) is 22.2. The van der Waals surface area contributed by atoms with Crippen molar-refractivity contribution in [3.63, 3.8) is 0 Å². The third-order valence-corrected chi connectivity index (χ3v) is 4.55. The summed E-state index contributed by atoms with van der Waals surface area (Å²) in [6.45, 7) is 2.67. The maximum Gasteiger partial charge on any atom is 0.154 e. The highest BCUT2D eigenvalue weighted by Gasteiger charge is 2.33. The molecule has 5 heteroatoms. The van der Waals surface area contributed by atoms with Crippen LogP contribution in [-0.4, -0.2) is 18.5 Å². The van der Waals surface area contributed by atoms with Gasteiger partial charge in [-0.05, 0) is 43.4 Å². The highest BCUT2D eigenvalue weighted by molar-refractivity contribution is 6.42. The lowest BCUT2D eigenvalue weighted by molar-refractivity contribution is -0.122. The average Bonchev–Trinajstić information content (AvgIpc) is 2.41. The van der Waals surface area contributed by atoms with E-state index in [1.165, 1.54) is 0 Å². The number of nitriles is 1. The molecule has 0 saturated heterocycles. The summed E-state index contributed by atoms with van der Waals surface area (Å²) in [5.41, 5.74) is 0.609. The van der Waals surface area contributed by atoms with Crippen LogP contribution in [0.4, 0.5) is 0 Å². The number of carbonyl (C=O) groups excluding carboxylic acids is 1. The van der Waals surface area contributed by atoms with E-state index in [-0.39, 0.29) is 11.9 Å². The summed E-state index contributed by atoms with van der Waals surface area (Å²) >= 11 is 11.8. The fourth-order valence-electron chi connectivity index (χ4n) is 2.64. The molecule has 0 heterocycles. The van der Waals surface area contributed by atoms with Crippen LogP contribution >= 0.6 is 23.2 Å². The first-order valence-corrected chi connectivity index (χ1v) is 7.79. The second-order valence-corrected chi connectivity index (χ2v) is 6.14. The number of carbonyl (C=O) groups is 1. The molecule has 0 amide bonds.